The Morgan fingerprint density at radius 3 is 2.82 bits per heavy atom. The second kappa shape index (κ2) is 5.31. The Hall–Kier alpha value is -1.36. The van der Waals surface area contributed by atoms with Gasteiger partial charge in [0, 0.05) is 26.3 Å². The Labute approximate surface area is 102 Å². The summed E-state index contributed by atoms with van der Waals surface area (Å²) >= 11 is 0. The molecule has 2 rings (SSSR count). The fourth-order valence-electron chi connectivity index (χ4n) is 1.84. The SMILES string of the molecule is COCCC1(CNc2cc(OC)ncn2)CC1. The van der Waals surface area contributed by atoms with Gasteiger partial charge in [0.05, 0.1) is 7.11 Å². The van der Waals surface area contributed by atoms with Gasteiger partial charge >= 0.3 is 0 Å². The van der Waals surface area contributed by atoms with E-state index in [2.05, 4.69) is 15.3 Å². The summed E-state index contributed by atoms with van der Waals surface area (Å²) in [6, 6.07) is 1.81. The Morgan fingerprint density at radius 2 is 2.18 bits per heavy atom. The van der Waals surface area contributed by atoms with Crippen LogP contribution in [0.25, 0.3) is 0 Å². The average molecular weight is 237 g/mol. The van der Waals surface area contributed by atoms with Crippen molar-refractivity contribution in [3.63, 3.8) is 0 Å². The van der Waals surface area contributed by atoms with E-state index in [1.54, 1.807) is 14.2 Å². The topological polar surface area (TPSA) is 56.3 Å². The fourth-order valence-corrected chi connectivity index (χ4v) is 1.84. The van der Waals surface area contributed by atoms with E-state index in [-0.39, 0.29) is 0 Å². The Bertz CT molecular complexity index is 367. The number of hydrogen-bond acceptors (Lipinski definition) is 5. The zero-order valence-electron chi connectivity index (χ0n) is 10.4. The molecule has 1 aromatic rings. The minimum absolute atomic E-state index is 0.411. The van der Waals surface area contributed by atoms with Gasteiger partial charge in [-0.15, -0.1) is 0 Å². The minimum atomic E-state index is 0.411. The molecule has 1 N–H and O–H groups in total. The standard InChI is InChI=1S/C12H19N3O2/c1-16-6-5-12(3-4-12)8-13-10-7-11(17-2)15-9-14-10/h7,9H,3-6,8H2,1-2H3,(H,13,14,15). The number of methoxy groups -OCH3 is 2. The van der Waals surface area contributed by atoms with Crippen LogP contribution in [-0.4, -0.2) is 37.3 Å². The van der Waals surface area contributed by atoms with E-state index in [4.69, 9.17) is 9.47 Å². The summed E-state index contributed by atoms with van der Waals surface area (Å²) in [7, 11) is 3.35. The van der Waals surface area contributed by atoms with Crippen LogP contribution < -0.4 is 10.1 Å². The lowest BCUT2D eigenvalue weighted by Gasteiger charge is -2.15. The van der Waals surface area contributed by atoms with Crippen molar-refractivity contribution >= 4 is 5.82 Å². The maximum absolute atomic E-state index is 5.13. The lowest BCUT2D eigenvalue weighted by molar-refractivity contribution is 0.175. The largest absolute Gasteiger partial charge is 0.481 e. The smallest absolute Gasteiger partial charge is 0.218 e. The normalized spacial score (nSPS) is 16.6. The quantitative estimate of drug-likeness (QED) is 0.782. The van der Waals surface area contributed by atoms with Crippen molar-refractivity contribution in [3.8, 4) is 5.88 Å². The van der Waals surface area contributed by atoms with E-state index in [1.807, 2.05) is 6.07 Å². The molecule has 0 amide bonds. The summed E-state index contributed by atoms with van der Waals surface area (Å²) in [5, 5.41) is 3.34. The number of nitrogens with one attached hydrogen (secondary N) is 1. The lowest BCUT2D eigenvalue weighted by Crippen LogP contribution is -2.17. The highest BCUT2D eigenvalue weighted by Crippen LogP contribution is 2.48. The molecular formula is C12H19N3O2. The van der Waals surface area contributed by atoms with Gasteiger partial charge in [-0.25, -0.2) is 9.97 Å². The molecule has 0 saturated heterocycles. The average Bonchev–Trinajstić information content (AvgIpc) is 3.15. The summed E-state index contributed by atoms with van der Waals surface area (Å²) in [4.78, 5) is 8.14. The maximum atomic E-state index is 5.13. The maximum Gasteiger partial charge on any atom is 0.218 e. The predicted molar refractivity (Wildman–Crippen MR) is 65.2 cm³/mol. The molecule has 0 atom stereocenters. The van der Waals surface area contributed by atoms with E-state index >= 15 is 0 Å². The van der Waals surface area contributed by atoms with Crippen LogP contribution in [-0.2, 0) is 4.74 Å². The predicted octanol–water partition coefficient (Wildman–Crippen LogP) is 1.71. The molecule has 0 unspecified atom stereocenters. The van der Waals surface area contributed by atoms with Gasteiger partial charge in [-0.3, -0.25) is 0 Å². The van der Waals surface area contributed by atoms with Crippen LogP contribution in [0, 0.1) is 5.41 Å². The van der Waals surface area contributed by atoms with Gasteiger partial charge in [0.2, 0.25) is 5.88 Å². The number of aromatic nitrogens is 2. The Balaban J connectivity index is 1.85. The molecule has 1 aromatic heterocycles. The molecule has 0 spiro atoms. The molecule has 0 radical (unpaired) electrons. The van der Waals surface area contributed by atoms with Crippen molar-refractivity contribution in [3.05, 3.63) is 12.4 Å². The lowest BCUT2D eigenvalue weighted by atomic mass is 10.0. The van der Waals surface area contributed by atoms with Crippen LogP contribution in [0.2, 0.25) is 0 Å². The number of hydrogen-bond donors (Lipinski definition) is 1. The molecular weight excluding hydrogens is 218 g/mol. The van der Waals surface area contributed by atoms with Gasteiger partial charge in [-0.2, -0.15) is 0 Å². The van der Waals surface area contributed by atoms with E-state index in [0.717, 1.165) is 25.4 Å². The second-order valence-electron chi connectivity index (χ2n) is 4.54. The number of anilines is 1. The molecule has 1 fully saturated rings. The molecule has 0 aromatic carbocycles. The van der Waals surface area contributed by atoms with Crippen molar-refractivity contribution in [2.45, 2.75) is 19.3 Å². The van der Waals surface area contributed by atoms with Crippen molar-refractivity contribution in [2.75, 3.05) is 32.7 Å². The van der Waals surface area contributed by atoms with E-state index in [1.165, 1.54) is 19.2 Å². The van der Waals surface area contributed by atoms with Crippen molar-refractivity contribution in [1.82, 2.24) is 9.97 Å². The van der Waals surface area contributed by atoms with E-state index in [0.29, 0.717) is 11.3 Å². The molecule has 5 heteroatoms. The zero-order valence-corrected chi connectivity index (χ0v) is 10.4. The van der Waals surface area contributed by atoms with Crippen molar-refractivity contribution in [1.29, 1.82) is 0 Å². The third-order valence-electron chi connectivity index (χ3n) is 3.29. The van der Waals surface area contributed by atoms with Gasteiger partial charge in [0.1, 0.15) is 12.1 Å². The number of nitrogens with zero attached hydrogens (tertiary/aromatic N) is 2. The Kier molecular flexibility index (Phi) is 3.78. The van der Waals surface area contributed by atoms with Gasteiger partial charge in [0.25, 0.3) is 0 Å². The molecule has 1 heterocycles. The van der Waals surface area contributed by atoms with Crippen LogP contribution in [0.15, 0.2) is 12.4 Å². The third kappa shape index (κ3) is 3.30. The second-order valence-corrected chi connectivity index (χ2v) is 4.54. The van der Waals surface area contributed by atoms with Crippen LogP contribution in [0.4, 0.5) is 5.82 Å². The highest BCUT2D eigenvalue weighted by atomic mass is 16.5. The van der Waals surface area contributed by atoms with Crippen LogP contribution in [0.5, 0.6) is 5.88 Å². The summed E-state index contributed by atoms with van der Waals surface area (Å²) in [5.41, 5.74) is 0.411. The molecule has 1 saturated carbocycles. The first-order chi connectivity index (χ1) is 8.28. The summed E-state index contributed by atoms with van der Waals surface area (Å²) in [6.45, 7) is 1.77. The van der Waals surface area contributed by atoms with E-state index < -0.39 is 0 Å². The fraction of sp³-hybridized carbons (Fsp3) is 0.667. The summed E-state index contributed by atoms with van der Waals surface area (Å²) in [6.07, 6.45) is 5.16. The molecule has 5 nitrogen and oxygen atoms in total. The molecule has 0 aliphatic heterocycles. The van der Waals surface area contributed by atoms with Crippen LogP contribution in [0.1, 0.15) is 19.3 Å². The van der Waals surface area contributed by atoms with Crippen LogP contribution in [0.3, 0.4) is 0 Å². The minimum Gasteiger partial charge on any atom is -0.481 e. The molecule has 17 heavy (non-hydrogen) atoms. The summed E-state index contributed by atoms with van der Waals surface area (Å²) < 4.78 is 10.2. The van der Waals surface area contributed by atoms with E-state index in [9.17, 15) is 0 Å². The van der Waals surface area contributed by atoms with Crippen molar-refractivity contribution in [2.24, 2.45) is 5.41 Å². The number of rotatable bonds is 7. The highest BCUT2D eigenvalue weighted by molar-refractivity contribution is 5.37. The van der Waals surface area contributed by atoms with Gasteiger partial charge < -0.3 is 14.8 Å². The Morgan fingerprint density at radius 1 is 1.35 bits per heavy atom. The molecule has 94 valence electrons. The third-order valence-corrected chi connectivity index (χ3v) is 3.29. The first-order valence-electron chi connectivity index (χ1n) is 5.87. The first kappa shape index (κ1) is 12.1. The number of ether oxygens (including phenoxy) is 2. The summed E-state index contributed by atoms with van der Waals surface area (Å²) in [5.74, 6) is 1.41. The monoisotopic (exact) mass is 237 g/mol. The van der Waals surface area contributed by atoms with Crippen LogP contribution >= 0.6 is 0 Å². The van der Waals surface area contributed by atoms with Gasteiger partial charge in [0.15, 0.2) is 0 Å². The zero-order chi connectivity index (χ0) is 12.1. The van der Waals surface area contributed by atoms with Crippen molar-refractivity contribution < 1.29 is 9.47 Å². The van der Waals surface area contributed by atoms with Gasteiger partial charge in [-0.1, -0.05) is 0 Å². The van der Waals surface area contributed by atoms with Gasteiger partial charge in [-0.05, 0) is 24.7 Å². The molecule has 0 bridgehead atoms. The first-order valence-corrected chi connectivity index (χ1v) is 5.87. The molecule has 1 aliphatic rings. The highest BCUT2D eigenvalue weighted by Gasteiger charge is 2.41. The molecule has 1 aliphatic carbocycles.